The summed E-state index contributed by atoms with van der Waals surface area (Å²) in [6.07, 6.45) is 1.57. The monoisotopic (exact) mass is 454 g/mol. The molecule has 3 aromatic rings. The molecule has 0 saturated heterocycles. The lowest BCUT2D eigenvalue weighted by Gasteiger charge is -2.14. The quantitative estimate of drug-likeness (QED) is 0.174. The largest absolute Gasteiger partial charge is 0.493 e. The van der Waals surface area contributed by atoms with Gasteiger partial charge in [0.15, 0.2) is 11.5 Å². The Balaban J connectivity index is 1.93. The number of allylic oxidation sites excluding steroid dienone is 1. The molecule has 8 heteroatoms. The van der Waals surface area contributed by atoms with E-state index >= 15 is 0 Å². The number of ether oxygens (including phenoxy) is 2. The fourth-order valence-electron chi connectivity index (χ4n) is 2.86. The van der Waals surface area contributed by atoms with Crippen LogP contribution in [-0.2, 0) is 6.61 Å². The lowest BCUT2D eigenvalue weighted by atomic mass is 10.0. The van der Waals surface area contributed by atoms with Crippen LogP contribution < -0.4 is 9.47 Å². The van der Waals surface area contributed by atoms with Crippen molar-refractivity contribution in [3.8, 4) is 17.6 Å². The Kier molecular flexibility index (Phi) is 7.14. The van der Waals surface area contributed by atoms with Crippen molar-refractivity contribution >= 4 is 40.5 Å². The molecule has 3 rings (SSSR count). The average molecular weight is 455 g/mol. The lowest BCUT2D eigenvalue weighted by molar-refractivity contribution is -0.384. The highest BCUT2D eigenvalue weighted by atomic mass is 35.5. The van der Waals surface area contributed by atoms with Crippen molar-refractivity contribution in [3.63, 3.8) is 0 Å². The van der Waals surface area contributed by atoms with Gasteiger partial charge in [0.1, 0.15) is 6.61 Å². The van der Waals surface area contributed by atoms with Crippen molar-refractivity contribution in [1.29, 1.82) is 5.26 Å². The van der Waals surface area contributed by atoms with E-state index in [1.165, 1.54) is 25.3 Å². The van der Waals surface area contributed by atoms with Crippen LogP contribution in [0.15, 0.2) is 60.7 Å². The van der Waals surface area contributed by atoms with Crippen LogP contribution in [0, 0.1) is 21.4 Å². The molecule has 0 amide bonds. The minimum Gasteiger partial charge on any atom is -0.493 e. The summed E-state index contributed by atoms with van der Waals surface area (Å²) in [6.45, 7) is 0.196. The van der Waals surface area contributed by atoms with Gasteiger partial charge >= 0.3 is 0 Å². The van der Waals surface area contributed by atoms with Gasteiger partial charge in [0.25, 0.3) is 5.69 Å². The van der Waals surface area contributed by atoms with E-state index in [1.54, 1.807) is 30.3 Å². The maximum Gasteiger partial charge on any atom is 0.270 e. The van der Waals surface area contributed by atoms with Gasteiger partial charge in [-0.25, -0.2) is 0 Å². The third kappa shape index (κ3) is 5.34. The molecule has 0 aromatic heterocycles. The summed E-state index contributed by atoms with van der Waals surface area (Å²) in [5.74, 6) is 0.720. The van der Waals surface area contributed by atoms with Gasteiger partial charge in [-0.2, -0.15) is 5.26 Å². The first-order valence-electron chi connectivity index (χ1n) is 9.03. The van der Waals surface area contributed by atoms with E-state index < -0.39 is 4.92 Å². The van der Waals surface area contributed by atoms with Crippen LogP contribution in [-0.4, -0.2) is 12.0 Å². The molecule has 0 unspecified atom stereocenters. The Labute approximate surface area is 189 Å². The van der Waals surface area contributed by atoms with Crippen LogP contribution in [0.25, 0.3) is 11.6 Å². The molecule has 0 heterocycles. The first-order chi connectivity index (χ1) is 14.9. The summed E-state index contributed by atoms with van der Waals surface area (Å²) >= 11 is 12.6. The molecule has 3 aromatic carbocycles. The van der Waals surface area contributed by atoms with E-state index in [4.69, 9.17) is 32.7 Å². The number of nitrogens with zero attached hydrogens (tertiary/aromatic N) is 2. The van der Waals surface area contributed by atoms with Gasteiger partial charge in [-0.3, -0.25) is 10.1 Å². The Bertz CT molecular complexity index is 1200. The molecular weight excluding hydrogens is 439 g/mol. The zero-order chi connectivity index (χ0) is 22.4. The normalized spacial score (nSPS) is 11.0. The molecule has 31 heavy (non-hydrogen) atoms. The van der Waals surface area contributed by atoms with Crippen LogP contribution in [0.3, 0.4) is 0 Å². The number of nitriles is 1. The first kappa shape index (κ1) is 22.2. The summed E-state index contributed by atoms with van der Waals surface area (Å²) in [7, 11) is 1.48. The van der Waals surface area contributed by atoms with E-state index in [2.05, 4.69) is 6.07 Å². The Morgan fingerprint density at radius 2 is 1.90 bits per heavy atom. The van der Waals surface area contributed by atoms with Crippen LogP contribution in [0.5, 0.6) is 11.5 Å². The highest BCUT2D eigenvalue weighted by Crippen LogP contribution is 2.38. The molecule has 0 bridgehead atoms. The fraction of sp³-hybridized carbons (Fsp3) is 0.0870. The molecule has 156 valence electrons. The molecule has 0 atom stereocenters. The number of nitro benzene ring substituents is 1. The number of hydrogen-bond acceptors (Lipinski definition) is 5. The maximum absolute atomic E-state index is 11.0. The Morgan fingerprint density at radius 1 is 1.13 bits per heavy atom. The molecule has 0 aliphatic carbocycles. The van der Waals surface area contributed by atoms with Gasteiger partial charge in [0.2, 0.25) is 0 Å². The van der Waals surface area contributed by atoms with E-state index in [0.29, 0.717) is 27.6 Å². The van der Waals surface area contributed by atoms with Gasteiger partial charge in [-0.05, 0) is 35.4 Å². The van der Waals surface area contributed by atoms with Crippen molar-refractivity contribution in [2.24, 2.45) is 0 Å². The number of benzene rings is 3. The maximum atomic E-state index is 11.0. The summed E-state index contributed by atoms with van der Waals surface area (Å²) in [5, 5.41) is 21.5. The second-order valence-corrected chi connectivity index (χ2v) is 7.21. The van der Waals surface area contributed by atoms with Crippen molar-refractivity contribution in [1.82, 2.24) is 0 Å². The van der Waals surface area contributed by atoms with Gasteiger partial charge in [0, 0.05) is 22.7 Å². The molecule has 0 N–H and O–H groups in total. The summed E-state index contributed by atoms with van der Waals surface area (Å²) in [4.78, 5) is 10.5. The number of halogens is 2. The molecular formula is C23H16Cl2N2O4. The van der Waals surface area contributed by atoms with Gasteiger partial charge in [-0.1, -0.05) is 53.5 Å². The topological polar surface area (TPSA) is 85.4 Å². The van der Waals surface area contributed by atoms with Gasteiger partial charge in [-0.15, -0.1) is 0 Å². The van der Waals surface area contributed by atoms with E-state index in [-0.39, 0.29) is 22.9 Å². The van der Waals surface area contributed by atoms with Crippen molar-refractivity contribution < 1.29 is 14.4 Å². The number of rotatable bonds is 7. The molecule has 0 saturated carbocycles. The second-order valence-electron chi connectivity index (χ2n) is 6.39. The van der Waals surface area contributed by atoms with Crippen molar-refractivity contribution in [2.45, 2.75) is 6.61 Å². The Morgan fingerprint density at radius 3 is 2.58 bits per heavy atom. The first-order valence-corrected chi connectivity index (χ1v) is 9.79. The van der Waals surface area contributed by atoms with Crippen molar-refractivity contribution in [3.05, 3.63) is 97.5 Å². The lowest BCUT2D eigenvalue weighted by Crippen LogP contribution is -1.99. The van der Waals surface area contributed by atoms with Crippen LogP contribution in [0.4, 0.5) is 5.69 Å². The SMILES string of the molecule is COc1cc(/C=C(/C#N)c2cccc([N+](=O)[O-])c2)cc(Cl)c1OCc1ccccc1Cl. The number of nitro groups is 1. The predicted octanol–water partition coefficient (Wildman–Crippen LogP) is 6.55. The van der Waals surface area contributed by atoms with Gasteiger partial charge in [0.05, 0.1) is 28.7 Å². The highest BCUT2D eigenvalue weighted by molar-refractivity contribution is 6.32. The Hall–Kier alpha value is -3.53. The molecule has 0 spiro atoms. The third-order valence-electron chi connectivity index (χ3n) is 4.38. The zero-order valence-electron chi connectivity index (χ0n) is 16.3. The standard InChI is InChI=1S/C23H16Cl2N2O4/c1-30-22-11-15(9-18(13-26)16-6-4-7-19(12-16)27(28)29)10-21(25)23(22)31-14-17-5-2-3-8-20(17)24/h2-12H,14H2,1H3/b18-9-. The second kappa shape index (κ2) is 9.98. The highest BCUT2D eigenvalue weighted by Gasteiger charge is 2.14. The summed E-state index contributed by atoms with van der Waals surface area (Å²) in [5.41, 5.74) is 1.94. The summed E-state index contributed by atoms with van der Waals surface area (Å²) < 4.78 is 11.2. The number of hydrogen-bond donors (Lipinski definition) is 0. The number of non-ortho nitro benzene ring substituents is 1. The molecule has 0 aliphatic heterocycles. The zero-order valence-corrected chi connectivity index (χ0v) is 17.9. The molecule has 6 nitrogen and oxygen atoms in total. The van der Waals surface area contributed by atoms with Crippen LogP contribution in [0.2, 0.25) is 10.0 Å². The minimum atomic E-state index is -0.510. The van der Waals surface area contributed by atoms with E-state index in [1.807, 2.05) is 18.2 Å². The van der Waals surface area contributed by atoms with E-state index in [9.17, 15) is 15.4 Å². The van der Waals surface area contributed by atoms with Crippen molar-refractivity contribution in [2.75, 3.05) is 7.11 Å². The number of methoxy groups -OCH3 is 1. The van der Waals surface area contributed by atoms with Gasteiger partial charge < -0.3 is 9.47 Å². The molecule has 0 fully saturated rings. The van der Waals surface area contributed by atoms with Crippen LogP contribution in [0.1, 0.15) is 16.7 Å². The summed E-state index contributed by atoms with van der Waals surface area (Å²) in [6, 6.07) is 18.5. The fourth-order valence-corrected chi connectivity index (χ4v) is 3.33. The predicted molar refractivity (Wildman–Crippen MR) is 120 cm³/mol. The molecule has 0 radical (unpaired) electrons. The third-order valence-corrected chi connectivity index (χ3v) is 5.03. The van der Waals surface area contributed by atoms with Crippen LogP contribution >= 0.6 is 23.2 Å². The molecule has 0 aliphatic rings. The minimum absolute atomic E-state index is 0.0995. The average Bonchev–Trinajstić information content (AvgIpc) is 2.77. The smallest absolute Gasteiger partial charge is 0.270 e. The van der Waals surface area contributed by atoms with E-state index in [0.717, 1.165) is 5.56 Å².